The molecule has 17 heavy (non-hydrogen) atoms. The molecule has 0 unspecified atom stereocenters. The van der Waals surface area contributed by atoms with Crippen LogP contribution in [0.3, 0.4) is 0 Å². The fourth-order valence-electron chi connectivity index (χ4n) is 1.37. The van der Waals surface area contributed by atoms with Crippen LogP contribution in [-0.4, -0.2) is 10.4 Å². The van der Waals surface area contributed by atoms with Crippen LogP contribution >= 0.6 is 34.5 Å². The maximum atomic E-state index is 11.9. The van der Waals surface area contributed by atoms with Gasteiger partial charge in [-0.1, -0.05) is 40.6 Å². The summed E-state index contributed by atoms with van der Waals surface area (Å²) < 4.78 is 1.34. The maximum absolute atomic E-state index is 11.9. The molecule has 1 aromatic heterocycles. The molecule has 0 bridgehead atoms. The quantitative estimate of drug-likeness (QED) is 0.814. The number of nitrogens with zero attached hydrogens (tertiary/aromatic N) is 1. The molecule has 0 radical (unpaired) electrons. The highest BCUT2D eigenvalue weighted by molar-refractivity contribution is 7.07. The molecule has 0 N–H and O–H groups in total. The minimum atomic E-state index is -0.238. The number of thiazole rings is 1. The van der Waals surface area contributed by atoms with Gasteiger partial charge in [0.15, 0.2) is 5.78 Å². The summed E-state index contributed by atoms with van der Waals surface area (Å²) in [7, 11) is 0. The van der Waals surface area contributed by atoms with Crippen LogP contribution in [0.15, 0.2) is 34.6 Å². The van der Waals surface area contributed by atoms with E-state index in [0.29, 0.717) is 10.6 Å². The van der Waals surface area contributed by atoms with E-state index in [0.717, 1.165) is 11.3 Å². The predicted molar refractivity (Wildman–Crippen MR) is 69.4 cm³/mol. The van der Waals surface area contributed by atoms with E-state index in [1.807, 2.05) is 0 Å². The van der Waals surface area contributed by atoms with Crippen molar-refractivity contribution in [2.45, 2.75) is 6.54 Å². The highest BCUT2D eigenvalue weighted by atomic mass is 35.5. The number of halogens is 2. The lowest BCUT2D eigenvalue weighted by Crippen LogP contribution is -2.18. The molecule has 3 nitrogen and oxygen atoms in total. The van der Waals surface area contributed by atoms with Crippen molar-refractivity contribution >= 4 is 40.3 Å². The Labute approximate surface area is 111 Å². The van der Waals surface area contributed by atoms with Gasteiger partial charge in [0, 0.05) is 17.1 Å². The SMILES string of the molecule is O=C(Cn1ccsc1=O)c1cccc(Cl)c1Cl. The van der Waals surface area contributed by atoms with Crippen LogP contribution in [0.2, 0.25) is 10.0 Å². The van der Waals surface area contributed by atoms with E-state index in [2.05, 4.69) is 0 Å². The van der Waals surface area contributed by atoms with Crippen molar-refractivity contribution in [3.8, 4) is 0 Å². The first-order valence-electron chi connectivity index (χ1n) is 4.70. The average Bonchev–Trinajstić information content (AvgIpc) is 2.68. The minimum absolute atomic E-state index is 0.0254. The summed E-state index contributed by atoms with van der Waals surface area (Å²) in [4.78, 5) is 23.1. The molecule has 0 amide bonds. The molecule has 6 heteroatoms. The highest BCUT2D eigenvalue weighted by Crippen LogP contribution is 2.25. The summed E-state index contributed by atoms with van der Waals surface area (Å²) in [5.74, 6) is -0.238. The van der Waals surface area contributed by atoms with Gasteiger partial charge in [-0.25, -0.2) is 0 Å². The molecular formula is C11H7Cl2NO2S. The van der Waals surface area contributed by atoms with Crippen LogP contribution in [0.4, 0.5) is 0 Å². The summed E-state index contributed by atoms with van der Waals surface area (Å²) in [5, 5.41) is 2.19. The first-order valence-corrected chi connectivity index (χ1v) is 6.34. The molecule has 2 aromatic rings. The Bertz CT molecular complexity index is 618. The van der Waals surface area contributed by atoms with Gasteiger partial charge in [0.05, 0.1) is 16.6 Å². The zero-order valence-electron chi connectivity index (χ0n) is 8.52. The van der Waals surface area contributed by atoms with Gasteiger partial charge < -0.3 is 0 Å². The van der Waals surface area contributed by atoms with E-state index in [9.17, 15) is 9.59 Å². The number of Topliss-reactive ketones (excluding diaryl/α,β-unsaturated/α-hetero) is 1. The van der Waals surface area contributed by atoms with Gasteiger partial charge >= 0.3 is 4.87 Å². The van der Waals surface area contributed by atoms with Gasteiger partial charge in [-0.2, -0.15) is 0 Å². The third-order valence-electron chi connectivity index (χ3n) is 2.21. The van der Waals surface area contributed by atoms with Gasteiger partial charge in [-0.05, 0) is 12.1 Å². The molecule has 1 heterocycles. The third kappa shape index (κ3) is 2.60. The van der Waals surface area contributed by atoms with Crippen molar-refractivity contribution < 1.29 is 4.79 Å². The lowest BCUT2D eigenvalue weighted by Gasteiger charge is -2.04. The van der Waals surface area contributed by atoms with Gasteiger partial charge in [0.1, 0.15) is 0 Å². The molecule has 0 fully saturated rings. The zero-order valence-corrected chi connectivity index (χ0v) is 10.9. The highest BCUT2D eigenvalue weighted by Gasteiger charge is 2.13. The van der Waals surface area contributed by atoms with E-state index >= 15 is 0 Å². The van der Waals surface area contributed by atoms with Crippen molar-refractivity contribution in [2.24, 2.45) is 0 Å². The van der Waals surface area contributed by atoms with Crippen molar-refractivity contribution in [1.82, 2.24) is 4.57 Å². The third-order valence-corrected chi connectivity index (χ3v) is 3.72. The molecular weight excluding hydrogens is 281 g/mol. The smallest absolute Gasteiger partial charge is 0.298 e. The molecule has 0 saturated carbocycles. The van der Waals surface area contributed by atoms with Crippen LogP contribution in [-0.2, 0) is 6.54 Å². The van der Waals surface area contributed by atoms with Crippen molar-refractivity contribution in [3.05, 3.63) is 55.1 Å². The molecule has 0 aliphatic rings. The average molecular weight is 288 g/mol. The Morgan fingerprint density at radius 3 is 2.76 bits per heavy atom. The van der Waals surface area contributed by atoms with E-state index in [1.54, 1.807) is 29.8 Å². The number of carbonyl (C=O) groups is 1. The summed E-state index contributed by atoms with van der Waals surface area (Å²) in [6, 6.07) is 4.85. The van der Waals surface area contributed by atoms with Crippen molar-refractivity contribution in [3.63, 3.8) is 0 Å². The summed E-state index contributed by atoms with van der Waals surface area (Å²) in [5.41, 5.74) is 0.331. The first-order chi connectivity index (χ1) is 8.09. The van der Waals surface area contributed by atoms with Gasteiger partial charge in [-0.3, -0.25) is 14.2 Å². The molecule has 0 atom stereocenters. The number of benzene rings is 1. The molecule has 88 valence electrons. The fourth-order valence-corrected chi connectivity index (χ4v) is 2.36. The Morgan fingerprint density at radius 2 is 2.12 bits per heavy atom. The van der Waals surface area contributed by atoms with Gasteiger partial charge in [-0.15, -0.1) is 0 Å². The second-order valence-corrected chi connectivity index (χ2v) is 4.96. The van der Waals surface area contributed by atoms with Crippen LogP contribution in [0.25, 0.3) is 0 Å². The van der Waals surface area contributed by atoms with E-state index in [4.69, 9.17) is 23.2 Å². The second kappa shape index (κ2) is 5.04. The van der Waals surface area contributed by atoms with E-state index in [1.165, 1.54) is 4.57 Å². The maximum Gasteiger partial charge on any atom is 0.307 e. The summed E-state index contributed by atoms with van der Waals surface area (Å²) >= 11 is 12.8. The lowest BCUT2D eigenvalue weighted by molar-refractivity contribution is 0.0971. The number of rotatable bonds is 3. The Morgan fingerprint density at radius 1 is 1.35 bits per heavy atom. The predicted octanol–water partition coefficient (Wildman–Crippen LogP) is 3.10. The second-order valence-electron chi connectivity index (χ2n) is 3.32. The zero-order chi connectivity index (χ0) is 12.4. The van der Waals surface area contributed by atoms with Crippen molar-refractivity contribution in [2.75, 3.05) is 0 Å². The molecule has 0 aliphatic heterocycles. The van der Waals surface area contributed by atoms with Gasteiger partial charge in [0.25, 0.3) is 0 Å². The Kier molecular flexibility index (Phi) is 3.66. The molecule has 0 aliphatic carbocycles. The number of carbonyl (C=O) groups excluding carboxylic acids is 1. The van der Waals surface area contributed by atoms with E-state index < -0.39 is 0 Å². The van der Waals surface area contributed by atoms with E-state index in [-0.39, 0.29) is 22.2 Å². The largest absolute Gasteiger partial charge is 0.307 e. The summed E-state index contributed by atoms with van der Waals surface area (Å²) in [6.45, 7) is -0.0254. The molecule has 0 saturated heterocycles. The van der Waals surface area contributed by atoms with Crippen LogP contribution < -0.4 is 4.87 Å². The Hall–Kier alpha value is -1.10. The number of ketones is 1. The number of hydrogen-bond donors (Lipinski definition) is 0. The first kappa shape index (κ1) is 12.4. The lowest BCUT2D eigenvalue weighted by atomic mass is 10.1. The number of aromatic nitrogens is 1. The minimum Gasteiger partial charge on any atom is -0.298 e. The van der Waals surface area contributed by atoms with Gasteiger partial charge in [0.2, 0.25) is 0 Å². The van der Waals surface area contributed by atoms with Crippen LogP contribution in [0.1, 0.15) is 10.4 Å². The monoisotopic (exact) mass is 287 g/mol. The summed E-state index contributed by atoms with van der Waals surface area (Å²) in [6.07, 6.45) is 1.57. The Balaban J connectivity index is 2.30. The molecule has 0 spiro atoms. The number of hydrogen-bond acceptors (Lipinski definition) is 3. The topological polar surface area (TPSA) is 39.1 Å². The normalized spacial score (nSPS) is 10.5. The standard InChI is InChI=1S/C11H7Cl2NO2S/c12-8-3-1-2-7(10(8)13)9(15)6-14-4-5-17-11(14)16/h1-5H,6H2. The molecule has 1 aromatic carbocycles. The van der Waals surface area contributed by atoms with Crippen molar-refractivity contribution in [1.29, 1.82) is 0 Å². The van der Waals surface area contributed by atoms with Crippen LogP contribution in [0.5, 0.6) is 0 Å². The fraction of sp³-hybridized carbons (Fsp3) is 0.0909. The van der Waals surface area contributed by atoms with Crippen LogP contribution in [0, 0.1) is 0 Å². The molecule has 2 rings (SSSR count).